The number of thiazole rings is 1. The molecule has 2 aromatic rings. The highest BCUT2D eigenvalue weighted by Crippen LogP contribution is 2.26. The van der Waals surface area contributed by atoms with Crippen LogP contribution in [-0.4, -0.2) is 4.98 Å². The maximum atomic E-state index is 4.20. The van der Waals surface area contributed by atoms with E-state index in [1.165, 1.54) is 3.57 Å². The highest BCUT2D eigenvalue weighted by atomic mass is 127. The lowest BCUT2D eigenvalue weighted by atomic mass is 10.3. The van der Waals surface area contributed by atoms with E-state index in [1.54, 1.807) is 17.5 Å². The van der Waals surface area contributed by atoms with E-state index >= 15 is 0 Å². The lowest BCUT2D eigenvalue weighted by Crippen LogP contribution is -1.88. The second kappa shape index (κ2) is 4.59. The van der Waals surface area contributed by atoms with Crippen molar-refractivity contribution >= 4 is 60.7 Å². The molecular formula is C9H6BrIN2S. The normalized spacial score (nSPS) is 10.1. The van der Waals surface area contributed by atoms with Gasteiger partial charge in [-0.05, 0) is 56.7 Å². The number of nitrogens with one attached hydrogen (secondary N) is 1. The van der Waals surface area contributed by atoms with Crippen LogP contribution in [0.1, 0.15) is 0 Å². The number of aromatic nitrogens is 1. The molecule has 72 valence electrons. The van der Waals surface area contributed by atoms with Crippen molar-refractivity contribution in [2.75, 3.05) is 5.32 Å². The van der Waals surface area contributed by atoms with Crippen molar-refractivity contribution in [3.05, 3.63) is 37.8 Å². The van der Waals surface area contributed by atoms with Gasteiger partial charge in [0.2, 0.25) is 0 Å². The number of hydrogen-bond donors (Lipinski definition) is 1. The summed E-state index contributed by atoms with van der Waals surface area (Å²) in [6.45, 7) is 0. The summed E-state index contributed by atoms with van der Waals surface area (Å²) in [4.78, 5) is 4.20. The summed E-state index contributed by atoms with van der Waals surface area (Å²) >= 11 is 7.24. The molecule has 5 heteroatoms. The van der Waals surface area contributed by atoms with E-state index in [0.29, 0.717) is 0 Å². The molecule has 0 radical (unpaired) electrons. The van der Waals surface area contributed by atoms with E-state index < -0.39 is 0 Å². The van der Waals surface area contributed by atoms with Crippen molar-refractivity contribution in [2.45, 2.75) is 0 Å². The van der Waals surface area contributed by atoms with Crippen LogP contribution < -0.4 is 5.32 Å². The van der Waals surface area contributed by atoms with Crippen LogP contribution in [0.5, 0.6) is 0 Å². The summed E-state index contributed by atoms with van der Waals surface area (Å²) in [7, 11) is 0. The molecule has 0 bridgehead atoms. The van der Waals surface area contributed by atoms with Crippen LogP contribution in [0, 0.1) is 3.57 Å². The van der Waals surface area contributed by atoms with Gasteiger partial charge in [-0.3, -0.25) is 0 Å². The third-order valence-electron chi connectivity index (χ3n) is 1.55. The fraction of sp³-hybridized carbons (Fsp3) is 0. The van der Waals surface area contributed by atoms with Gasteiger partial charge < -0.3 is 5.32 Å². The first-order valence-electron chi connectivity index (χ1n) is 3.88. The number of hydrogen-bond acceptors (Lipinski definition) is 3. The predicted molar refractivity (Wildman–Crippen MR) is 72.3 cm³/mol. The lowest BCUT2D eigenvalue weighted by Gasteiger charge is -2.01. The van der Waals surface area contributed by atoms with Crippen LogP contribution in [0.3, 0.4) is 0 Å². The predicted octanol–water partition coefficient (Wildman–Crippen LogP) is 4.25. The summed E-state index contributed by atoms with van der Waals surface area (Å²) in [5.41, 5.74) is 1.07. The molecule has 0 amide bonds. The Kier molecular flexibility index (Phi) is 3.40. The minimum absolute atomic E-state index is 0.902. The highest BCUT2D eigenvalue weighted by Gasteiger charge is 1.99. The fourth-order valence-corrected chi connectivity index (χ4v) is 2.67. The van der Waals surface area contributed by atoms with Crippen molar-refractivity contribution < 1.29 is 0 Å². The number of benzene rings is 1. The molecule has 1 heterocycles. The molecule has 2 rings (SSSR count). The number of halogens is 2. The smallest absolute Gasteiger partial charge is 0.188 e. The van der Waals surface area contributed by atoms with Crippen LogP contribution in [0.2, 0.25) is 0 Å². The average molecular weight is 381 g/mol. The molecule has 1 aromatic heterocycles. The Morgan fingerprint density at radius 2 is 2.29 bits per heavy atom. The second-order valence-corrected chi connectivity index (χ2v) is 6.26. The molecule has 14 heavy (non-hydrogen) atoms. The van der Waals surface area contributed by atoms with Gasteiger partial charge in [0.1, 0.15) is 0 Å². The molecule has 0 saturated carbocycles. The lowest BCUT2D eigenvalue weighted by molar-refractivity contribution is 1.38. The van der Waals surface area contributed by atoms with Crippen LogP contribution >= 0.6 is 49.9 Å². The molecule has 0 atom stereocenters. The van der Waals surface area contributed by atoms with Crippen molar-refractivity contribution in [3.8, 4) is 0 Å². The second-order valence-electron chi connectivity index (χ2n) is 2.60. The molecule has 2 nitrogen and oxygen atoms in total. The molecule has 0 unspecified atom stereocenters. The Morgan fingerprint density at radius 1 is 1.43 bits per heavy atom. The molecule has 0 fully saturated rings. The molecular weight excluding hydrogens is 375 g/mol. The van der Waals surface area contributed by atoms with Gasteiger partial charge in [-0.25, -0.2) is 4.98 Å². The van der Waals surface area contributed by atoms with E-state index in [-0.39, 0.29) is 0 Å². The zero-order chi connectivity index (χ0) is 9.97. The van der Waals surface area contributed by atoms with E-state index in [9.17, 15) is 0 Å². The van der Waals surface area contributed by atoms with Crippen molar-refractivity contribution in [1.82, 2.24) is 4.98 Å². The Hall–Kier alpha value is -0.140. The summed E-state index contributed by atoms with van der Waals surface area (Å²) in [5, 5.41) is 4.14. The Morgan fingerprint density at radius 3 is 2.93 bits per heavy atom. The van der Waals surface area contributed by atoms with Crippen molar-refractivity contribution in [1.29, 1.82) is 0 Å². The average Bonchev–Trinajstić information content (AvgIpc) is 2.51. The van der Waals surface area contributed by atoms with Gasteiger partial charge in [0.25, 0.3) is 0 Å². The zero-order valence-electron chi connectivity index (χ0n) is 7.00. The maximum Gasteiger partial charge on any atom is 0.188 e. The Balaban J connectivity index is 2.18. The molecule has 0 aliphatic rings. The highest BCUT2D eigenvalue weighted by molar-refractivity contribution is 14.1. The van der Waals surface area contributed by atoms with E-state index in [0.717, 1.165) is 14.6 Å². The topological polar surface area (TPSA) is 24.9 Å². The Labute approximate surface area is 108 Å². The van der Waals surface area contributed by atoms with Crippen LogP contribution in [0.15, 0.2) is 34.2 Å². The number of nitrogens with zero attached hydrogens (tertiary/aromatic N) is 1. The van der Waals surface area contributed by atoms with Gasteiger partial charge >= 0.3 is 0 Å². The van der Waals surface area contributed by atoms with E-state index in [4.69, 9.17) is 0 Å². The summed E-state index contributed by atoms with van der Waals surface area (Å²) in [5.74, 6) is 0. The molecule has 0 saturated heterocycles. The maximum absolute atomic E-state index is 4.20. The largest absolute Gasteiger partial charge is 0.331 e. The molecule has 0 spiro atoms. The van der Waals surface area contributed by atoms with Gasteiger partial charge in [-0.1, -0.05) is 17.4 Å². The minimum Gasteiger partial charge on any atom is -0.331 e. The molecule has 1 N–H and O–H groups in total. The first-order chi connectivity index (χ1) is 6.74. The number of rotatable bonds is 2. The fourth-order valence-electron chi connectivity index (χ4n) is 1.00. The molecule has 0 aliphatic heterocycles. The van der Waals surface area contributed by atoms with E-state index in [2.05, 4.69) is 61.0 Å². The van der Waals surface area contributed by atoms with Crippen LogP contribution in [0.25, 0.3) is 0 Å². The zero-order valence-corrected chi connectivity index (χ0v) is 11.6. The Bertz CT molecular complexity index is 444. The summed E-state index contributed by atoms with van der Waals surface area (Å²) in [6, 6.07) is 8.18. The first kappa shape index (κ1) is 10.4. The third kappa shape index (κ3) is 2.68. The molecule has 0 aliphatic carbocycles. The van der Waals surface area contributed by atoms with Crippen LogP contribution in [0.4, 0.5) is 10.8 Å². The SMILES string of the molecule is Brc1cnc(Nc2cccc(I)c2)s1. The van der Waals surface area contributed by atoms with Crippen molar-refractivity contribution in [2.24, 2.45) is 0 Å². The van der Waals surface area contributed by atoms with Gasteiger partial charge in [-0.15, -0.1) is 0 Å². The first-order valence-corrected chi connectivity index (χ1v) is 6.57. The van der Waals surface area contributed by atoms with Gasteiger partial charge in [0, 0.05) is 9.26 Å². The monoisotopic (exact) mass is 380 g/mol. The summed E-state index contributed by atoms with van der Waals surface area (Å²) < 4.78 is 2.24. The molecule has 1 aromatic carbocycles. The van der Waals surface area contributed by atoms with Crippen LogP contribution in [-0.2, 0) is 0 Å². The third-order valence-corrected chi connectivity index (χ3v) is 3.62. The quantitative estimate of drug-likeness (QED) is 0.787. The van der Waals surface area contributed by atoms with Gasteiger partial charge in [-0.2, -0.15) is 0 Å². The summed E-state index contributed by atoms with van der Waals surface area (Å²) in [6.07, 6.45) is 1.79. The number of anilines is 2. The van der Waals surface area contributed by atoms with Gasteiger partial charge in [0.15, 0.2) is 5.13 Å². The van der Waals surface area contributed by atoms with Crippen molar-refractivity contribution in [3.63, 3.8) is 0 Å². The standard InChI is InChI=1S/C9H6BrIN2S/c10-8-5-12-9(14-8)13-7-3-1-2-6(11)4-7/h1-5H,(H,12,13). The van der Waals surface area contributed by atoms with E-state index in [1.807, 2.05) is 12.1 Å². The van der Waals surface area contributed by atoms with Gasteiger partial charge in [0.05, 0.1) is 9.98 Å². The minimum atomic E-state index is 0.902.